The monoisotopic (exact) mass is 486 g/mol. The van der Waals surface area contributed by atoms with Crippen molar-refractivity contribution in [2.24, 2.45) is 57.2 Å². The Hall–Kier alpha value is -1.06. The van der Waals surface area contributed by atoms with Crippen LogP contribution in [-0.2, 0) is 14.3 Å². The minimum atomic E-state index is -0.474. The highest BCUT2D eigenvalue weighted by Crippen LogP contribution is 2.75. The van der Waals surface area contributed by atoms with E-state index in [0.29, 0.717) is 42.5 Å². The Labute approximate surface area is 213 Å². The molecule has 0 aromatic heterocycles. The topological polar surface area (TPSA) is 52.6 Å². The van der Waals surface area contributed by atoms with Crippen LogP contribution in [0.15, 0.2) is 0 Å². The summed E-state index contributed by atoms with van der Waals surface area (Å²) in [5, 5.41) is 0. The highest BCUT2D eigenvalue weighted by molar-refractivity contribution is 5.85. The fourth-order valence-electron chi connectivity index (χ4n) is 10.8. The maximum absolute atomic E-state index is 13.0. The van der Waals surface area contributed by atoms with Gasteiger partial charge in [0, 0.05) is 23.2 Å². The minimum Gasteiger partial charge on any atom is -0.434 e. The van der Waals surface area contributed by atoms with Gasteiger partial charge in [0.2, 0.25) is 0 Å². The third-order valence-corrected chi connectivity index (χ3v) is 12.7. The molecular formula is C31H50O4. The lowest BCUT2D eigenvalue weighted by Crippen LogP contribution is -2.66. The maximum Gasteiger partial charge on any atom is 0.508 e. The number of ether oxygens (including phenoxy) is 2. The summed E-state index contributed by atoms with van der Waals surface area (Å²) in [7, 11) is 0. The molecule has 0 radical (unpaired) electrons. The second-order valence-electron chi connectivity index (χ2n) is 14.8. The Morgan fingerprint density at radius 1 is 0.943 bits per heavy atom. The Morgan fingerprint density at radius 3 is 2.40 bits per heavy atom. The number of carbonyl (C=O) groups is 2. The maximum atomic E-state index is 13.0. The fourth-order valence-corrected chi connectivity index (χ4v) is 10.8. The van der Waals surface area contributed by atoms with Crippen molar-refractivity contribution in [3.05, 3.63) is 0 Å². The average Bonchev–Trinajstić information content (AvgIpc) is 2.97. The molecule has 1 aliphatic heterocycles. The number of carbonyl (C=O) groups excluding carboxylic acids is 2. The molecule has 0 aromatic rings. The largest absolute Gasteiger partial charge is 0.508 e. The van der Waals surface area contributed by atoms with Crippen LogP contribution in [-0.4, -0.2) is 24.6 Å². The zero-order valence-electron chi connectivity index (χ0n) is 23.5. The molecule has 0 amide bonds. The second kappa shape index (κ2) is 8.48. The first-order chi connectivity index (χ1) is 16.4. The van der Waals surface area contributed by atoms with E-state index in [9.17, 15) is 9.59 Å². The third-order valence-electron chi connectivity index (χ3n) is 12.7. The number of hydrogen-bond acceptors (Lipinski definition) is 4. The molecule has 9 unspecified atom stereocenters. The first-order valence-electron chi connectivity index (χ1n) is 14.7. The first kappa shape index (κ1) is 25.6. The molecule has 5 fully saturated rings. The predicted octanol–water partition coefficient (Wildman–Crippen LogP) is 7.83. The normalized spacial score (nSPS) is 47.1. The molecule has 4 saturated carbocycles. The summed E-state index contributed by atoms with van der Waals surface area (Å²) in [6, 6.07) is 0. The number of fused-ring (bicyclic) bond motifs is 2. The molecule has 198 valence electrons. The second-order valence-corrected chi connectivity index (χ2v) is 14.8. The van der Waals surface area contributed by atoms with Gasteiger partial charge in [-0.05, 0) is 78.9 Å². The van der Waals surface area contributed by atoms with E-state index in [0.717, 1.165) is 31.6 Å². The molecule has 0 aromatic carbocycles. The van der Waals surface area contributed by atoms with Gasteiger partial charge in [0.15, 0.2) is 0 Å². The smallest absolute Gasteiger partial charge is 0.434 e. The van der Waals surface area contributed by atoms with Crippen molar-refractivity contribution in [1.82, 2.24) is 0 Å². The van der Waals surface area contributed by atoms with Gasteiger partial charge >= 0.3 is 6.16 Å². The average molecular weight is 487 g/mol. The summed E-state index contributed by atoms with van der Waals surface area (Å²) in [4.78, 5) is 25.9. The van der Waals surface area contributed by atoms with E-state index in [1.165, 1.54) is 32.1 Å². The molecular weight excluding hydrogens is 436 g/mol. The van der Waals surface area contributed by atoms with E-state index >= 15 is 0 Å². The summed E-state index contributed by atoms with van der Waals surface area (Å²) in [6.07, 6.45) is 10.6. The summed E-state index contributed by atoms with van der Waals surface area (Å²) in [5.41, 5.74) is -0.0437. The van der Waals surface area contributed by atoms with E-state index in [1.54, 1.807) is 0 Å². The van der Waals surface area contributed by atoms with Crippen molar-refractivity contribution in [2.45, 2.75) is 119 Å². The van der Waals surface area contributed by atoms with Crippen LogP contribution in [0.1, 0.15) is 113 Å². The summed E-state index contributed by atoms with van der Waals surface area (Å²) >= 11 is 0. The lowest BCUT2D eigenvalue weighted by atomic mass is 9.37. The molecule has 1 saturated heterocycles. The molecule has 1 heterocycles. The highest BCUT2D eigenvalue weighted by atomic mass is 16.7. The minimum absolute atomic E-state index is 0.0802. The Kier molecular flexibility index (Phi) is 6.20. The zero-order chi connectivity index (χ0) is 25.4. The van der Waals surface area contributed by atoms with Gasteiger partial charge in [-0.25, -0.2) is 4.79 Å². The summed E-state index contributed by atoms with van der Waals surface area (Å²) in [5.74, 6) is 3.66. The fraction of sp³-hybridized carbons (Fsp3) is 0.935. The van der Waals surface area contributed by atoms with Gasteiger partial charge in [-0.1, -0.05) is 67.7 Å². The van der Waals surface area contributed by atoms with Gasteiger partial charge in [0.25, 0.3) is 0 Å². The molecule has 9 atom stereocenters. The SMILES string of the molecule is CC(C)CCCC(C)C1CCC2(C)C3CCC4C(C)(C)C(=O)CCC45COC(=O)OC(CC12C)C35. The van der Waals surface area contributed by atoms with Crippen LogP contribution in [0.4, 0.5) is 4.79 Å². The van der Waals surface area contributed by atoms with Gasteiger partial charge in [-0.2, -0.15) is 0 Å². The van der Waals surface area contributed by atoms with Crippen LogP contribution in [0.3, 0.4) is 0 Å². The standard InChI is InChI=1S/C31H50O4/c1-19(2)9-8-10-20(3)21-13-15-29(6)22-11-12-24-28(4,5)25(32)14-16-31(24)18-34-27(33)35-23(26(22)31)17-30(21,29)7/h19-24,26H,8-18H2,1-7H3. The van der Waals surface area contributed by atoms with E-state index in [-0.39, 0.29) is 33.7 Å². The quantitative estimate of drug-likeness (QED) is 0.372. The Balaban J connectivity index is 1.51. The molecule has 4 heteroatoms. The summed E-state index contributed by atoms with van der Waals surface area (Å²) < 4.78 is 12.0. The molecule has 4 nitrogen and oxygen atoms in total. The van der Waals surface area contributed by atoms with Crippen molar-refractivity contribution in [1.29, 1.82) is 0 Å². The van der Waals surface area contributed by atoms with Gasteiger partial charge in [-0.3, -0.25) is 4.79 Å². The number of Topliss-reactive ketones (excluding diaryl/α,β-unsaturated/α-hetero) is 1. The third kappa shape index (κ3) is 3.57. The van der Waals surface area contributed by atoms with Crippen molar-refractivity contribution in [2.75, 3.05) is 6.61 Å². The summed E-state index contributed by atoms with van der Waals surface area (Å²) in [6.45, 7) is 17.0. The molecule has 0 N–H and O–H groups in total. The number of rotatable bonds is 5. The number of hydrogen-bond donors (Lipinski definition) is 0. The first-order valence-corrected chi connectivity index (χ1v) is 14.7. The zero-order valence-corrected chi connectivity index (χ0v) is 23.5. The molecule has 1 spiro atoms. The van der Waals surface area contributed by atoms with Crippen LogP contribution in [0.25, 0.3) is 0 Å². The molecule has 5 rings (SSSR count). The van der Waals surface area contributed by atoms with Gasteiger partial charge in [-0.15, -0.1) is 0 Å². The van der Waals surface area contributed by atoms with Crippen molar-refractivity contribution < 1.29 is 19.1 Å². The van der Waals surface area contributed by atoms with E-state index in [4.69, 9.17) is 9.47 Å². The van der Waals surface area contributed by atoms with Gasteiger partial charge in [0.05, 0.1) is 0 Å². The number of cyclic esters (lactones) is 1. The van der Waals surface area contributed by atoms with Crippen LogP contribution < -0.4 is 0 Å². The van der Waals surface area contributed by atoms with Crippen LogP contribution >= 0.6 is 0 Å². The lowest BCUT2D eigenvalue weighted by molar-refractivity contribution is -0.217. The highest BCUT2D eigenvalue weighted by Gasteiger charge is 2.72. The van der Waals surface area contributed by atoms with Crippen LogP contribution in [0, 0.1) is 57.2 Å². The molecule has 0 bridgehead atoms. The van der Waals surface area contributed by atoms with E-state index in [2.05, 4.69) is 48.5 Å². The van der Waals surface area contributed by atoms with Gasteiger partial charge < -0.3 is 9.47 Å². The number of ketones is 1. The Morgan fingerprint density at radius 2 is 1.69 bits per heavy atom. The molecule has 35 heavy (non-hydrogen) atoms. The predicted molar refractivity (Wildman–Crippen MR) is 138 cm³/mol. The van der Waals surface area contributed by atoms with Gasteiger partial charge in [0.1, 0.15) is 18.5 Å². The molecule has 5 aliphatic rings. The van der Waals surface area contributed by atoms with Crippen LogP contribution in [0.5, 0.6) is 0 Å². The van der Waals surface area contributed by atoms with E-state index in [1.807, 2.05) is 0 Å². The lowest BCUT2D eigenvalue weighted by Gasteiger charge is -2.67. The van der Waals surface area contributed by atoms with Crippen molar-refractivity contribution in [3.8, 4) is 0 Å². The van der Waals surface area contributed by atoms with E-state index < -0.39 is 6.16 Å². The molecule has 4 aliphatic carbocycles. The van der Waals surface area contributed by atoms with Crippen LogP contribution in [0.2, 0.25) is 0 Å². The van der Waals surface area contributed by atoms with Crippen molar-refractivity contribution in [3.63, 3.8) is 0 Å². The Bertz CT molecular complexity index is 862. The van der Waals surface area contributed by atoms with Crippen molar-refractivity contribution >= 4 is 11.9 Å².